The minimum Gasteiger partial charge on any atom is -0.384 e. The minimum atomic E-state index is -2.36. The van der Waals surface area contributed by atoms with Crippen molar-refractivity contribution in [2.75, 3.05) is 25.1 Å². The molecule has 1 aromatic rings. The lowest BCUT2D eigenvalue weighted by molar-refractivity contribution is -0.0924. The topological polar surface area (TPSA) is 21.3 Å². The van der Waals surface area contributed by atoms with Gasteiger partial charge in [0.1, 0.15) is 0 Å². The summed E-state index contributed by atoms with van der Waals surface area (Å²) in [6.07, 6.45) is 0. The van der Waals surface area contributed by atoms with Gasteiger partial charge in [0.25, 0.3) is 5.76 Å². The van der Waals surface area contributed by atoms with Crippen LogP contribution in [-0.4, -0.2) is 25.5 Å². The Hall–Kier alpha value is -0.810. The fourth-order valence-electron chi connectivity index (χ4n) is 1.62. The third-order valence-corrected chi connectivity index (χ3v) is 3.42. The van der Waals surface area contributed by atoms with Crippen molar-refractivity contribution >= 4 is 17.4 Å². The van der Waals surface area contributed by atoms with Crippen LogP contribution in [0.15, 0.2) is 29.2 Å². The highest BCUT2D eigenvalue weighted by molar-refractivity contribution is 7.99. The SMILES string of the molecule is CC1(CNc2ccc(SC(F)F)cc2)COC1. The molecule has 1 aromatic carbocycles. The van der Waals surface area contributed by atoms with Gasteiger partial charge in [0.05, 0.1) is 13.2 Å². The van der Waals surface area contributed by atoms with Crippen LogP contribution in [0.3, 0.4) is 0 Å². The van der Waals surface area contributed by atoms with Crippen LogP contribution in [0.1, 0.15) is 6.92 Å². The van der Waals surface area contributed by atoms with Gasteiger partial charge in [0.2, 0.25) is 0 Å². The number of halogens is 2. The van der Waals surface area contributed by atoms with Crippen molar-refractivity contribution in [1.82, 2.24) is 0 Å². The summed E-state index contributed by atoms with van der Waals surface area (Å²) in [7, 11) is 0. The van der Waals surface area contributed by atoms with Crippen molar-refractivity contribution in [1.29, 1.82) is 0 Å². The second kappa shape index (κ2) is 5.23. The molecule has 0 aliphatic carbocycles. The zero-order valence-corrected chi connectivity index (χ0v) is 10.4. The van der Waals surface area contributed by atoms with E-state index in [1.54, 1.807) is 12.1 Å². The van der Waals surface area contributed by atoms with Gasteiger partial charge in [-0.05, 0) is 24.3 Å². The fourth-order valence-corrected chi connectivity index (χ4v) is 2.12. The molecule has 1 heterocycles. The van der Waals surface area contributed by atoms with Crippen LogP contribution in [0.2, 0.25) is 0 Å². The Balaban J connectivity index is 1.85. The summed E-state index contributed by atoms with van der Waals surface area (Å²) < 4.78 is 29.4. The molecule has 1 fully saturated rings. The van der Waals surface area contributed by atoms with Crippen LogP contribution in [0, 0.1) is 5.41 Å². The van der Waals surface area contributed by atoms with E-state index < -0.39 is 5.76 Å². The average Bonchev–Trinajstić information content (AvgIpc) is 2.25. The van der Waals surface area contributed by atoms with Gasteiger partial charge in [-0.3, -0.25) is 0 Å². The van der Waals surface area contributed by atoms with E-state index in [1.165, 1.54) is 0 Å². The molecule has 2 nitrogen and oxygen atoms in total. The lowest BCUT2D eigenvalue weighted by Crippen LogP contribution is -2.45. The van der Waals surface area contributed by atoms with Gasteiger partial charge >= 0.3 is 0 Å². The molecular weight excluding hydrogens is 244 g/mol. The molecule has 1 aliphatic rings. The van der Waals surface area contributed by atoms with Crippen molar-refractivity contribution in [2.45, 2.75) is 17.6 Å². The number of thioether (sulfide) groups is 1. The Kier molecular flexibility index (Phi) is 3.89. The summed E-state index contributed by atoms with van der Waals surface area (Å²) >= 11 is 0.565. The second-order valence-corrected chi connectivity index (χ2v) is 5.62. The maximum atomic E-state index is 12.1. The number of nitrogens with one attached hydrogen (secondary N) is 1. The van der Waals surface area contributed by atoms with Gasteiger partial charge in [-0.25, -0.2) is 0 Å². The van der Waals surface area contributed by atoms with Crippen LogP contribution in [-0.2, 0) is 4.74 Å². The normalized spacial score (nSPS) is 17.9. The van der Waals surface area contributed by atoms with Gasteiger partial charge in [0, 0.05) is 22.5 Å². The largest absolute Gasteiger partial charge is 0.384 e. The number of anilines is 1. The van der Waals surface area contributed by atoms with E-state index in [0.29, 0.717) is 16.7 Å². The van der Waals surface area contributed by atoms with Crippen LogP contribution in [0.4, 0.5) is 14.5 Å². The zero-order chi connectivity index (χ0) is 12.3. The van der Waals surface area contributed by atoms with Crippen molar-refractivity contribution in [3.8, 4) is 0 Å². The molecule has 0 aromatic heterocycles. The molecule has 1 N–H and O–H groups in total. The monoisotopic (exact) mass is 259 g/mol. The molecule has 0 bridgehead atoms. The third-order valence-electron chi connectivity index (χ3n) is 2.70. The Morgan fingerprint density at radius 1 is 1.35 bits per heavy atom. The molecule has 1 aliphatic heterocycles. The van der Waals surface area contributed by atoms with Crippen molar-refractivity contribution in [3.63, 3.8) is 0 Å². The van der Waals surface area contributed by atoms with E-state index in [1.807, 2.05) is 12.1 Å². The molecule has 0 unspecified atom stereocenters. The number of hydrogen-bond acceptors (Lipinski definition) is 3. The standard InChI is InChI=1S/C12H15F2NOS/c1-12(7-16-8-12)6-15-9-2-4-10(5-3-9)17-11(13)14/h2-5,11,15H,6-8H2,1H3. The van der Waals surface area contributed by atoms with Gasteiger partial charge in [0.15, 0.2) is 0 Å². The predicted molar refractivity (Wildman–Crippen MR) is 65.7 cm³/mol. The molecule has 17 heavy (non-hydrogen) atoms. The zero-order valence-electron chi connectivity index (χ0n) is 9.58. The Morgan fingerprint density at radius 3 is 2.47 bits per heavy atom. The number of hydrogen-bond donors (Lipinski definition) is 1. The summed E-state index contributed by atoms with van der Waals surface area (Å²) in [5.74, 6) is -2.36. The van der Waals surface area contributed by atoms with Crippen molar-refractivity contribution in [2.24, 2.45) is 5.41 Å². The van der Waals surface area contributed by atoms with Gasteiger partial charge in [-0.2, -0.15) is 8.78 Å². The van der Waals surface area contributed by atoms with E-state index >= 15 is 0 Å². The van der Waals surface area contributed by atoms with E-state index in [-0.39, 0.29) is 5.41 Å². The smallest absolute Gasteiger partial charge is 0.288 e. The van der Waals surface area contributed by atoms with Gasteiger partial charge in [-0.1, -0.05) is 18.7 Å². The molecule has 0 spiro atoms. The molecule has 2 rings (SSSR count). The quantitative estimate of drug-likeness (QED) is 0.818. The lowest BCUT2D eigenvalue weighted by Gasteiger charge is -2.38. The molecule has 94 valence electrons. The van der Waals surface area contributed by atoms with E-state index in [4.69, 9.17) is 4.74 Å². The van der Waals surface area contributed by atoms with Crippen LogP contribution in [0.5, 0.6) is 0 Å². The van der Waals surface area contributed by atoms with Crippen molar-refractivity contribution < 1.29 is 13.5 Å². The number of alkyl halides is 2. The molecule has 0 atom stereocenters. The fraction of sp³-hybridized carbons (Fsp3) is 0.500. The van der Waals surface area contributed by atoms with Crippen LogP contribution in [0.25, 0.3) is 0 Å². The summed E-state index contributed by atoms with van der Waals surface area (Å²) in [5, 5.41) is 3.29. The molecule has 1 saturated heterocycles. The third kappa shape index (κ3) is 3.57. The molecule has 0 radical (unpaired) electrons. The number of ether oxygens (including phenoxy) is 1. The lowest BCUT2D eigenvalue weighted by atomic mass is 9.89. The summed E-state index contributed by atoms with van der Waals surface area (Å²) in [4.78, 5) is 0.587. The van der Waals surface area contributed by atoms with Crippen molar-refractivity contribution in [3.05, 3.63) is 24.3 Å². The molecule has 0 amide bonds. The number of benzene rings is 1. The molecular formula is C12H15F2NOS. The first-order valence-corrected chi connectivity index (χ1v) is 6.32. The maximum absolute atomic E-state index is 12.1. The highest BCUT2D eigenvalue weighted by Gasteiger charge is 2.32. The average molecular weight is 259 g/mol. The second-order valence-electron chi connectivity index (χ2n) is 4.56. The van der Waals surface area contributed by atoms with Crippen LogP contribution >= 0.6 is 11.8 Å². The Bertz CT molecular complexity index is 365. The van der Waals surface area contributed by atoms with E-state index in [2.05, 4.69) is 12.2 Å². The first-order valence-electron chi connectivity index (χ1n) is 5.44. The van der Waals surface area contributed by atoms with Gasteiger partial charge in [-0.15, -0.1) is 0 Å². The summed E-state index contributed by atoms with van der Waals surface area (Å²) in [5.41, 5.74) is 1.16. The molecule has 5 heteroatoms. The van der Waals surface area contributed by atoms with Crippen LogP contribution < -0.4 is 5.32 Å². The predicted octanol–water partition coefficient (Wildman–Crippen LogP) is 3.45. The highest BCUT2D eigenvalue weighted by atomic mass is 32.2. The molecule has 0 saturated carbocycles. The first-order chi connectivity index (χ1) is 8.07. The van der Waals surface area contributed by atoms with Gasteiger partial charge < -0.3 is 10.1 Å². The van der Waals surface area contributed by atoms with E-state index in [9.17, 15) is 8.78 Å². The minimum absolute atomic E-state index is 0.205. The Morgan fingerprint density at radius 2 is 2.00 bits per heavy atom. The Labute approximate surface area is 104 Å². The summed E-state index contributed by atoms with van der Waals surface area (Å²) in [6, 6.07) is 7.07. The summed E-state index contributed by atoms with van der Waals surface area (Å²) in [6.45, 7) is 4.55. The van der Waals surface area contributed by atoms with E-state index in [0.717, 1.165) is 25.4 Å². The maximum Gasteiger partial charge on any atom is 0.288 e. The number of rotatable bonds is 5. The first kappa shape index (κ1) is 12.6. The highest BCUT2D eigenvalue weighted by Crippen LogP contribution is 2.28.